The van der Waals surface area contributed by atoms with Crippen LogP contribution in [0.4, 0.5) is 0 Å². The maximum Gasteiger partial charge on any atom is 0.120 e. The van der Waals surface area contributed by atoms with Crippen molar-refractivity contribution in [3.63, 3.8) is 0 Å². The average molecular weight is 773 g/mol. The van der Waals surface area contributed by atoms with Gasteiger partial charge in [-0.2, -0.15) is 0 Å². The second-order valence-corrected chi connectivity index (χ2v) is 14.6. The first kappa shape index (κ1) is 38.9. The maximum atomic E-state index is 6.19. The average Bonchev–Trinajstić information content (AvgIpc) is 3.68. The molecule has 2 saturated heterocycles. The number of nitrogens with zero attached hydrogens (tertiary/aromatic N) is 1. The van der Waals surface area contributed by atoms with E-state index in [-0.39, 0.29) is 11.2 Å². The Balaban J connectivity index is 0.000000183. The highest BCUT2D eigenvalue weighted by molar-refractivity contribution is 9.09. The van der Waals surface area contributed by atoms with Gasteiger partial charge in [0.1, 0.15) is 40.8 Å². The molecule has 0 spiro atoms. The number of benzene rings is 4. The van der Waals surface area contributed by atoms with Gasteiger partial charge in [0.2, 0.25) is 0 Å². The molecule has 2 unspecified atom stereocenters. The lowest BCUT2D eigenvalue weighted by atomic mass is 10.1. The molecule has 0 bridgehead atoms. The van der Waals surface area contributed by atoms with E-state index in [1.165, 1.54) is 11.1 Å². The number of aryl methyl sites for hydroxylation is 2. The Hall–Kier alpha value is -2.94. The van der Waals surface area contributed by atoms with Crippen LogP contribution in [0.3, 0.4) is 0 Å². The second kappa shape index (κ2) is 19.5. The van der Waals surface area contributed by atoms with Crippen LogP contribution in [0.2, 0.25) is 10.0 Å². The van der Waals surface area contributed by atoms with Gasteiger partial charge in [-0.15, -0.1) is 0 Å². The Morgan fingerprint density at radius 2 is 1.22 bits per heavy atom. The van der Waals surface area contributed by atoms with Crippen LogP contribution in [0.25, 0.3) is 0 Å². The van der Waals surface area contributed by atoms with Crippen LogP contribution in [0.5, 0.6) is 23.0 Å². The second-order valence-electron chi connectivity index (χ2n) is 13.0. The summed E-state index contributed by atoms with van der Waals surface area (Å²) in [6, 6.07) is 31.3. The van der Waals surface area contributed by atoms with E-state index in [9.17, 15) is 0 Å². The molecule has 0 radical (unpaired) electrons. The largest absolute Gasteiger partial charge is 0.493 e. The standard InChI is InChI=1S/C20H24ClNO2.C11H14ClNO.C9H11BrO/c1-16-4-3-5-19(14-16)23-13-12-22-11-10-20(2,15-22)24-18-8-6-17(21)7-9-18;1-11(6-7-13-8-11)14-10-4-2-9(12)3-5-10;1-8-3-2-4-9(7-8)11-6-5-10/h3-9,14H,10-13,15H2,1-2H3;2-5,13H,6-8H2,1H3;2-4,7H,5-6H2,1H3. The molecule has 264 valence electrons. The molecule has 6 nitrogen and oxygen atoms in total. The Morgan fingerprint density at radius 3 is 1.71 bits per heavy atom. The lowest BCUT2D eigenvalue weighted by Gasteiger charge is -2.26. The smallest absolute Gasteiger partial charge is 0.120 e. The Bertz CT molecular complexity index is 1550. The van der Waals surface area contributed by atoms with E-state index in [4.69, 9.17) is 42.1 Å². The van der Waals surface area contributed by atoms with E-state index in [1.54, 1.807) is 0 Å². The van der Waals surface area contributed by atoms with Crippen molar-refractivity contribution in [1.29, 1.82) is 0 Å². The van der Waals surface area contributed by atoms with Crippen LogP contribution in [-0.2, 0) is 0 Å². The number of nitrogens with one attached hydrogen (secondary N) is 1. The fraction of sp³-hybridized carbons (Fsp3) is 0.400. The molecule has 0 amide bonds. The SMILES string of the molecule is CC1(Oc2ccc(Cl)cc2)CCNC1.Cc1cccc(OCCBr)c1.Cc1cccc(OCCN2CCC(C)(Oc3ccc(Cl)cc3)C2)c1. The van der Waals surface area contributed by atoms with E-state index in [0.29, 0.717) is 6.61 Å². The van der Waals surface area contributed by atoms with Crippen molar-refractivity contribution in [2.75, 3.05) is 51.3 Å². The molecule has 2 fully saturated rings. The highest BCUT2D eigenvalue weighted by atomic mass is 79.9. The van der Waals surface area contributed by atoms with Crippen LogP contribution >= 0.6 is 39.1 Å². The van der Waals surface area contributed by atoms with Crippen molar-refractivity contribution in [2.24, 2.45) is 0 Å². The summed E-state index contributed by atoms with van der Waals surface area (Å²) in [7, 11) is 0. The van der Waals surface area contributed by atoms with Crippen LogP contribution in [0.15, 0.2) is 97.1 Å². The third-order valence-corrected chi connectivity index (χ3v) is 9.03. The molecule has 0 saturated carbocycles. The first-order valence-corrected chi connectivity index (χ1v) is 18.7. The van der Waals surface area contributed by atoms with E-state index >= 15 is 0 Å². The quantitative estimate of drug-likeness (QED) is 0.153. The summed E-state index contributed by atoms with van der Waals surface area (Å²) in [4.78, 5) is 2.39. The molecule has 0 aromatic heterocycles. The van der Waals surface area contributed by atoms with E-state index in [1.807, 2.05) is 78.9 Å². The zero-order valence-corrected chi connectivity index (χ0v) is 32.1. The number of likely N-dealkylation sites (tertiary alicyclic amines) is 1. The molecule has 49 heavy (non-hydrogen) atoms. The van der Waals surface area contributed by atoms with Gasteiger partial charge in [0.05, 0.1) is 6.61 Å². The van der Waals surface area contributed by atoms with Gasteiger partial charge < -0.3 is 24.3 Å². The van der Waals surface area contributed by atoms with Crippen molar-refractivity contribution in [1.82, 2.24) is 10.2 Å². The van der Waals surface area contributed by atoms with Crippen molar-refractivity contribution in [3.05, 3.63) is 118 Å². The van der Waals surface area contributed by atoms with Crippen LogP contribution in [-0.4, -0.2) is 67.4 Å². The molecule has 2 aliphatic rings. The fourth-order valence-electron chi connectivity index (χ4n) is 5.61. The number of ether oxygens (including phenoxy) is 4. The summed E-state index contributed by atoms with van der Waals surface area (Å²) in [6.07, 6.45) is 2.07. The molecule has 0 aliphatic carbocycles. The topological polar surface area (TPSA) is 52.2 Å². The summed E-state index contributed by atoms with van der Waals surface area (Å²) in [5, 5.41) is 5.64. The Labute approximate surface area is 311 Å². The Morgan fingerprint density at radius 1 is 0.694 bits per heavy atom. The molecule has 4 aromatic carbocycles. The molecule has 6 rings (SSSR count). The van der Waals surface area contributed by atoms with Gasteiger partial charge >= 0.3 is 0 Å². The summed E-state index contributed by atoms with van der Waals surface area (Å²) in [6.45, 7) is 14.6. The maximum absolute atomic E-state index is 6.19. The van der Waals surface area contributed by atoms with E-state index in [2.05, 4.69) is 72.0 Å². The molecular weight excluding hydrogens is 723 g/mol. The molecule has 2 aliphatic heterocycles. The highest BCUT2D eigenvalue weighted by Crippen LogP contribution is 2.29. The number of halogens is 3. The van der Waals surface area contributed by atoms with Gasteiger partial charge in [-0.3, -0.25) is 4.90 Å². The minimum Gasteiger partial charge on any atom is -0.493 e. The summed E-state index contributed by atoms with van der Waals surface area (Å²) < 4.78 is 23.3. The van der Waals surface area contributed by atoms with E-state index in [0.717, 1.165) is 90.5 Å². The lowest BCUT2D eigenvalue weighted by Crippen LogP contribution is -2.37. The predicted molar refractivity (Wildman–Crippen MR) is 207 cm³/mol. The minimum atomic E-state index is -0.156. The van der Waals surface area contributed by atoms with Crippen LogP contribution < -0.4 is 24.3 Å². The summed E-state index contributed by atoms with van der Waals surface area (Å²) >= 11 is 15.0. The van der Waals surface area contributed by atoms with Crippen molar-refractivity contribution < 1.29 is 18.9 Å². The van der Waals surface area contributed by atoms with Gasteiger partial charge in [-0.05, 0) is 118 Å². The van der Waals surface area contributed by atoms with Crippen molar-refractivity contribution in [3.8, 4) is 23.0 Å². The molecule has 1 N–H and O–H groups in total. The number of hydrogen-bond acceptors (Lipinski definition) is 6. The normalized spacial score (nSPS) is 20.0. The van der Waals surface area contributed by atoms with E-state index < -0.39 is 0 Å². The molecular formula is C40H49BrCl2N2O4. The number of hydrogen-bond donors (Lipinski definition) is 1. The molecule has 2 heterocycles. The zero-order valence-electron chi connectivity index (χ0n) is 29.0. The van der Waals surface area contributed by atoms with Crippen LogP contribution in [0.1, 0.15) is 37.8 Å². The van der Waals surface area contributed by atoms with Gasteiger partial charge in [0.25, 0.3) is 0 Å². The van der Waals surface area contributed by atoms with Gasteiger partial charge in [-0.1, -0.05) is 63.4 Å². The summed E-state index contributed by atoms with van der Waals surface area (Å²) in [5.74, 6) is 3.65. The van der Waals surface area contributed by atoms with Crippen molar-refractivity contribution in [2.45, 2.75) is 51.7 Å². The van der Waals surface area contributed by atoms with Crippen LogP contribution in [0, 0.1) is 13.8 Å². The minimum absolute atomic E-state index is 0.0617. The van der Waals surface area contributed by atoms with Gasteiger partial charge in [0, 0.05) is 54.4 Å². The molecule has 2 atom stereocenters. The predicted octanol–water partition coefficient (Wildman–Crippen LogP) is 9.81. The third-order valence-electron chi connectivity index (χ3n) is 8.20. The van der Waals surface area contributed by atoms with Gasteiger partial charge in [0.15, 0.2) is 0 Å². The summed E-state index contributed by atoms with van der Waals surface area (Å²) in [5.41, 5.74) is 2.24. The van der Waals surface area contributed by atoms with Gasteiger partial charge in [-0.25, -0.2) is 0 Å². The molecule has 4 aromatic rings. The van der Waals surface area contributed by atoms with Crippen molar-refractivity contribution >= 4 is 39.1 Å². The number of alkyl halides is 1. The zero-order chi connectivity index (χ0) is 35.1. The fourth-order valence-corrected chi connectivity index (χ4v) is 6.03. The lowest BCUT2D eigenvalue weighted by molar-refractivity contribution is 0.0935. The first-order chi connectivity index (χ1) is 23.5. The monoisotopic (exact) mass is 770 g/mol. The third kappa shape index (κ3) is 14.1. The number of rotatable bonds is 11. The molecule has 9 heteroatoms. The Kier molecular flexibility index (Phi) is 15.4. The highest BCUT2D eigenvalue weighted by Gasteiger charge is 2.35. The first-order valence-electron chi connectivity index (χ1n) is 16.8.